The fraction of sp³-hybridized carbons (Fsp3) is 0.385. The monoisotopic (exact) mass is 487 g/mol. The molecule has 8 nitrogen and oxygen atoms in total. The Morgan fingerprint density at radius 2 is 2.08 bits per heavy atom. The summed E-state index contributed by atoms with van der Waals surface area (Å²) >= 11 is 12.9. The number of aliphatic hydroxyl groups is 1. The molecule has 1 aromatic carbocycles. The van der Waals surface area contributed by atoms with Crippen molar-refractivity contribution in [2.24, 2.45) is 5.10 Å². The summed E-state index contributed by atoms with van der Waals surface area (Å²) in [6.45, 7) is 3.94. The minimum absolute atomic E-state index is 0.0263. The van der Waals surface area contributed by atoms with Crippen molar-refractivity contribution in [1.29, 1.82) is 0 Å². The van der Waals surface area contributed by atoms with Crippen LogP contribution >= 0.6 is 43.5 Å². The molecule has 1 aromatic rings. The fourth-order valence-electron chi connectivity index (χ4n) is 1.89. The maximum absolute atomic E-state index is 10.5. The molecule has 4 N–H and O–H groups in total. The Morgan fingerprint density at radius 1 is 1.46 bits per heavy atom. The summed E-state index contributed by atoms with van der Waals surface area (Å²) in [5, 5.41) is 33.4. The predicted octanol–water partition coefficient (Wildman–Crippen LogP) is 2.53. The second-order valence-corrected chi connectivity index (χ2v) is 6.87. The number of halogens is 3. The van der Waals surface area contributed by atoms with Crippen molar-refractivity contribution in [3.05, 3.63) is 26.1 Å². The third-order valence-electron chi connectivity index (χ3n) is 3.03. The Labute approximate surface area is 161 Å². The Morgan fingerprint density at radius 3 is 2.62 bits per heavy atom. The van der Waals surface area contributed by atoms with Gasteiger partial charge >= 0.3 is 0 Å². The maximum atomic E-state index is 10.5. The lowest BCUT2D eigenvalue weighted by molar-refractivity contribution is -0.340. The van der Waals surface area contributed by atoms with Crippen molar-refractivity contribution < 1.29 is 20.4 Å². The number of aliphatic hydroxyl groups excluding tert-OH is 1. The van der Waals surface area contributed by atoms with Gasteiger partial charge in [0, 0.05) is 29.3 Å². The van der Waals surface area contributed by atoms with E-state index < -0.39 is 4.81 Å². The normalized spacial score (nSPS) is 13.5. The molecule has 0 aliphatic heterocycles. The molecule has 0 bridgehead atoms. The van der Waals surface area contributed by atoms with Crippen LogP contribution in [-0.2, 0) is 11.5 Å². The molecule has 0 saturated carbocycles. The van der Waals surface area contributed by atoms with E-state index in [1.54, 1.807) is 11.9 Å². The Bertz CT molecular complexity index is 654. The highest BCUT2D eigenvalue weighted by molar-refractivity contribution is 9.11. The molecule has 1 atom stereocenters. The average molecular weight is 490 g/mol. The lowest BCUT2D eigenvalue weighted by atomic mass is 10.1. The van der Waals surface area contributed by atoms with Crippen LogP contribution in [0.25, 0.3) is 0 Å². The minimum Gasteiger partial charge on any atom is -0.505 e. The van der Waals surface area contributed by atoms with E-state index in [9.17, 15) is 10.3 Å². The van der Waals surface area contributed by atoms with Gasteiger partial charge in [0.05, 0.1) is 11.1 Å². The zero-order chi connectivity index (χ0) is 18.5. The number of hydrogen-bond acceptors (Lipinski definition) is 7. The van der Waals surface area contributed by atoms with Crippen LogP contribution in [0.5, 0.6) is 5.75 Å². The lowest BCUT2D eigenvalue weighted by Gasteiger charge is -2.25. The summed E-state index contributed by atoms with van der Waals surface area (Å²) in [7, 11) is 3.05. The first-order chi connectivity index (χ1) is 11.2. The van der Waals surface area contributed by atoms with E-state index in [4.69, 9.17) is 21.6 Å². The van der Waals surface area contributed by atoms with Gasteiger partial charge in [-0.1, -0.05) is 11.6 Å². The largest absolute Gasteiger partial charge is 0.505 e. The molecule has 0 aliphatic carbocycles. The first kappa shape index (κ1) is 21.4. The van der Waals surface area contributed by atoms with E-state index in [0.717, 1.165) is 0 Å². The van der Waals surface area contributed by atoms with E-state index in [0.29, 0.717) is 23.1 Å². The van der Waals surface area contributed by atoms with Crippen molar-refractivity contribution in [3.8, 4) is 5.75 Å². The molecule has 0 spiro atoms. The number of likely N-dealkylation sites (N-methyl/N-ethyl adjacent to an activating group) is 1. The minimum atomic E-state index is -1.18. The number of phenolic OH excluding ortho intramolecular Hbond substituents is 1. The van der Waals surface area contributed by atoms with Crippen LogP contribution in [0.4, 0.5) is 5.69 Å². The summed E-state index contributed by atoms with van der Waals surface area (Å²) in [6, 6.07) is 0. The van der Waals surface area contributed by atoms with Gasteiger partial charge in [0.2, 0.25) is 5.69 Å². The van der Waals surface area contributed by atoms with E-state index in [2.05, 4.69) is 55.0 Å². The highest BCUT2D eigenvalue weighted by atomic mass is 79.9. The van der Waals surface area contributed by atoms with Crippen molar-refractivity contribution in [3.63, 3.8) is 0 Å². The Kier molecular flexibility index (Phi) is 8.13. The third kappa shape index (κ3) is 4.92. The number of hydroxylamine groups is 2. The summed E-state index contributed by atoms with van der Waals surface area (Å²) in [6.07, 6.45) is 0. The maximum Gasteiger partial charge on any atom is 0.238 e. The number of aromatic hydroxyl groups is 1. The molecule has 0 fully saturated rings. The number of nitrogens with one attached hydrogen (secondary N) is 1. The number of benzene rings is 1. The van der Waals surface area contributed by atoms with Crippen molar-refractivity contribution in [1.82, 2.24) is 15.3 Å². The van der Waals surface area contributed by atoms with Crippen LogP contribution in [0.3, 0.4) is 0 Å². The predicted molar refractivity (Wildman–Crippen MR) is 98.7 cm³/mol. The smallest absolute Gasteiger partial charge is 0.238 e. The second kappa shape index (κ2) is 9.14. The molecule has 1 unspecified atom stereocenters. The molecule has 0 saturated heterocycles. The number of rotatable bonds is 8. The number of quaternary nitrogens is 1. The molecule has 0 amide bonds. The van der Waals surface area contributed by atoms with Crippen LogP contribution in [-0.4, -0.2) is 53.4 Å². The van der Waals surface area contributed by atoms with Gasteiger partial charge in [0.25, 0.3) is 0 Å². The fourth-order valence-corrected chi connectivity index (χ4v) is 4.03. The van der Waals surface area contributed by atoms with Gasteiger partial charge in [-0.3, -0.25) is 4.90 Å². The van der Waals surface area contributed by atoms with Crippen LogP contribution < -0.4 is 10.4 Å². The van der Waals surface area contributed by atoms with Gasteiger partial charge in [-0.05, 0) is 50.4 Å². The van der Waals surface area contributed by atoms with Gasteiger partial charge in [0.15, 0.2) is 5.75 Å². The quantitative estimate of drug-likeness (QED) is 0.255. The third-order valence-corrected chi connectivity index (χ3v) is 5.04. The SMILES string of the molecule is C=C=NNO[N+](C)(O)c1c(Cl)c(CN(C)CCO)c(Br)c(O)c1Br. The van der Waals surface area contributed by atoms with Gasteiger partial charge in [-0.2, -0.15) is 5.21 Å². The standard InChI is InChI=1S/C13H17Br2ClN4O4/c1-4-17-18-24-20(3,23)12-10(15)13(22)9(14)8(11(12)16)7-19(2)5-6-21/h18,21,23H,1,5-7H2,2-3H3/p+1. The molecule has 0 heterocycles. The van der Waals surface area contributed by atoms with Gasteiger partial charge in [0.1, 0.15) is 16.5 Å². The highest BCUT2D eigenvalue weighted by Crippen LogP contribution is 2.49. The molecule has 134 valence electrons. The van der Waals surface area contributed by atoms with Gasteiger partial charge in [-0.15, -0.1) is 10.7 Å². The first-order valence-corrected chi connectivity index (χ1v) is 8.56. The van der Waals surface area contributed by atoms with Crippen molar-refractivity contribution in [2.75, 3.05) is 27.2 Å². The number of hydrazone groups is 1. The van der Waals surface area contributed by atoms with Crippen molar-refractivity contribution >= 4 is 55.0 Å². The molecule has 0 radical (unpaired) electrons. The zero-order valence-electron chi connectivity index (χ0n) is 13.1. The van der Waals surface area contributed by atoms with E-state index in [-0.39, 0.29) is 27.5 Å². The van der Waals surface area contributed by atoms with E-state index >= 15 is 0 Å². The first-order valence-electron chi connectivity index (χ1n) is 6.60. The Balaban J connectivity index is 3.39. The second-order valence-electron chi connectivity index (χ2n) is 4.91. The summed E-state index contributed by atoms with van der Waals surface area (Å²) < 4.78 is 0.507. The zero-order valence-corrected chi connectivity index (χ0v) is 17.0. The highest BCUT2D eigenvalue weighted by Gasteiger charge is 2.37. The summed E-state index contributed by atoms with van der Waals surface area (Å²) in [5.74, 6) is 2.02. The lowest BCUT2D eigenvalue weighted by Crippen LogP contribution is -2.45. The number of nitrogens with zero attached hydrogens (tertiary/aromatic N) is 3. The molecule has 24 heavy (non-hydrogen) atoms. The molecular formula is C13H18Br2ClN4O4+. The number of phenols is 1. The van der Waals surface area contributed by atoms with Crippen LogP contribution in [0.1, 0.15) is 5.56 Å². The Hall–Kier alpha value is -0.680. The molecule has 1 rings (SSSR count). The van der Waals surface area contributed by atoms with E-state index in [1.807, 2.05) is 0 Å². The van der Waals surface area contributed by atoms with Crippen molar-refractivity contribution in [2.45, 2.75) is 6.54 Å². The van der Waals surface area contributed by atoms with Crippen LogP contribution in [0, 0.1) is 0 Å². The molecule has 11 heteroatoms. The van der Waals surface area contributed by atoms with Gasteiger partial charge in [-0.25, -0.2) is 0 Å². The molecule has 0 aromatic heterocycles. The van der Waals surface area contributed by atoms with Gasteiger partial charge < -0.3 is 10.2 Å². The summed E-state index contributed by atoms with van der Waals surface area (Å²) in [4.78, 5) is 5.62. The van der Waals surface area contributed by atoms with Crippen LogP contribution in [0.2, 0.25) is 5.02 Å². The van der Waals surface area contributed by atoms with E-state index in [1.165, 1.54) is 7.05 Å². The average Bonchev–Trinajstić information content (AvgIpc) is 2.50. The number of hydrogen-bond donors (Lipinski definition) is 4. The topological polar surface area (TPSA) is 97.6 Å². The summed E-state index contributed by atoms with van der Waals surface area (Å²) in [5.41, 5.74) is 2.66. The molecule has 0 aliphatic rings. The van der Waals surface area contributed by atoms with Crippen LogP contribution in [0.15, 0.2) is 20.6 Å². The molecular weight excluding hydrogens is 471 g/mol.